The van der Waals surface area contributed by atoms with Crippen LogP contribution in [-0.4, -0.2) is 30.4 Å². The predicted octanol–water partition coefficient (Wildman–Crippen LogP) is 5.39. The van der Waals surface area contributed by atoms with Crippen molar-refractivity contribution in [3.63, 3.8) is 0 Å². The predicted molar refractivity (Wildman–Crippen MR) is 131 cm³/mol. The molecule has 3 aromatic carbocycles. The number of imide groups is 1. The van der Waals surface area contributed by atoms with Crippen LogP contribution in [0.2, 0.25) is 0 Å². The second kappa shape index (κ2) is 9.91. The molecule has 0 aromatic heterocycles. The van der Waals surface area contributed by atoms with Gasteiger partial charge in [0.2, 0.25) is 0 Å². The highest BCUT2D eigenvalue weighted by Gasteiger charge is 2.39. The third kappa shape index (κ3) is 4.86. The van der Waals surface area contributed by atoms with E-state index in [0.29, 0.717) is 23.6 Å². The molecule has 2 amide bonds. The zero-order valence-electron chi connectivity index (χ0n) is 19.5. The molecule has 0 saturated carbocycles. The van der Waals surface area contributed by atoms with E-state index in [0.717, 1.165) is 11.3 Å². The number of halogens is 1. The standard InChI is InChI=1S/C28H27FN2O3/c1-18(2)20-8-12-23(13-9-20)30-26-25(21-6-10-22(29)11-7-21)27(32)31(28(26)33)17-16-19-4-14-24(34-3)15-5-19/h4-15,18,30H,16-17H2,1-3H3. The van der Waals surface area contributed by atoms with E-state index in [2.05, 4.69) is 19.2 Å². The number of rotatable bonds is 8. The first-order valence-corrected chi connectivity index (χ1v) is 11.2. The number of hydrogen-bond donors (Lipinski definition) is 1. The number of hydrogen-bond acceptors (Lipinski definition) is 4. The lowest BCUT2D eigenvalue weighted by Gasteiger charge is -2.15. The fraction of sp³-hybridized carbons (Fsp3) is 0.214. The minimum atomic E-state index is -0.406. The monoisotopic (exact) mass is 458 g/mol. The molecular formula is C28H27FN2O3. The fourth-order valence-corrected chi connectivity index (χ4v) is 3.91. The fourth-order valence-electron chi connectivity index (χ4n) is 3.91. The molecule has 0 fully saturated rings. The van der Waals surface area contributed by atoms with Crippen LogP contribution < -0.4 is 10.1 Å². The third-order valence-corrected chi connectivity index (χ3v) is 5.93. The van der Waals surface area contributed by atoms with Crippen LogP contribution in [0.1, 0.15) is 36.5 Å². The SMILES string of the molecule is COc1ccc(CCN2C(=O)C(Nc3ccc(C(C)C)cc3)=C(c3ccc(F)cc3)C2=O)cc1. The molecule has 3 aromatic rings. The molecule has 0 unspecified atom stereocenters. The Labute approximate surface area is 198 Å². The number of nitrogens with zero attached hydrogens (tertiary/aromatic N) is 1. The van der Waals surface area contributed by atoms with Crippen molar-refractivity contribution in [2.75, 3.05) is 19.0 Å². The van der Waals surface area contributed by atoms with Gasteiger partial charge in [-0.25, -0.2) is 4.39 Å². The number of amides is 2. The first-order valence-electron chi connectivity index (χ1n) is 11.2. The Morgan fingerprint density at radius 3 is 2.12 bits per heavy atom. The average Bonchev–Trinajstić information content (AvgIpc) is 3.07. The van der Waals surface area contributed by atoms with Crippen LogP contribution in [-0.2, 0) is 16.0 Å². The minimum absolute atomic E-state index is 0.198. The Hall–Kier alpha value is -3.93. The van der Waals surface area contributed by atoms with Gasteiger partial charge in [0.05, 0.1) is 12.7 Å². The highest BCUT2D eigenvalue weighted by atomic mass is 19.1. The largest absolute Gasteiger partial charge is 0.497 e. The van der Waals surface area contributed by atoms with Gasteiger partial charge in [0.1, 0.15) is 17.3 Å². The van der Waals surface area contributed by atoms with Crippen LogP contribution in [0.25, 0.3) is 5.57 Å². The smallest absolute Gasteiger partial charge is 0.278 e. The van der Waals surface area contributed by atoms with Gasteiger partial charge in [0, 0.05) is 12.2 Å². The van der Waals surface area contributed by atoms with E-state index >= 15 is 0 Å². The normalized spacial score (nSPS) is 13.7. The minimum Gasteiger partial charge on any atom is -0.497 e. The maximum Gasteiger partial charge on any atom is 0.278 e. The van der Waals surface area contributed by atoms with Gasteiger partial charge in [-0.3, -0.25) is 14.5 Å². The molecule has 0 radical (unpaired) electrons. The Morgan fingerprint density at radius 1 is 0.882 bits per heavy atom. The molecular weight excluding hydrogens is 431 g/mol. The molecule has 34 heavy (non-hydrogen) atoms. The molecule has 4 rings (SSSR count). The summed E-state index contributed by atoms with van der Waals surface area (Å²) >= 11 is 0. The maximum atomic E-state index is 13.5. The summed E-state index contributed by atoms with van der Waals surface area (Å²) in [6.45, 7) is 4.45. The van der Waals surface area contributed by atoms with Gasteiger partial charge >= 0.3 is 0 Å². The van der Waals surface area contributed by atoms with Crippen LogP contribution in [0.15, 0.2) is 78.5 Å². The molecule has 6 heteroatoms. The number of carbonyl (C=O) groups excluding carboxylic acids is 2. The van der Waals surface area contributed by atoms with Gasteiger partial charge in [-0.05, 0) is 65.4 Å². The lowest BCUT2D eigenvalue weighted by molar-refractivity contribution is -0.136. The molecule has 0 aliphatic carbocycles. The average molecular weight is 459 g/mol. The molecule has 0 saturated heterocycles. The van der Waals surface area contributed by atoms with Gasteiger partial charge in [-0.15, -0.1) is 0 Å². The summed E-state index contributed by atoms with van der Waals surface area (Å²) in [5.74, 6) is -0.0769. The number of nitrogens with one attached hydrogen (secondary N) is 1. The summed E-state index contributed by atoms with van der Waals surface area (Å²) in [6, 6.07) is 20.9. The maximum absolute atomic E-state index is 13.5. The first-order chi connectivity index (χ1) is 16.4. The van der Waals surface area contributed by atoms with Crippen molar-refractivity contribution in [3.8, 4) is 5.75 Å². The molecule has 1 aliphatic heterocycles. The molecule has 0 atom stereocenters. The summed E-state index contributed by atoms with van der Waals surface area (Å²) < 4.78 is 18.7. The quantitative estimate of drug-likeness (QED) is 0.460. The van der Waals surface area contributed by atoms with Crippen molar-refractivity contribution in [3.05, 3.63) is 101 Å². The second-order valence-electron chi connectivity index (χ2n) is 8.52. The topological polar surface area (TPSA) is 58.6 Å². The third-order valence-electron chi connectivity index (χ3n) is 5.93. The van der Waals surface area contributed by atoms with Crippen LogP contribution in [0.3, 0.4) is 0 Å². The van der Waals surface area contributed by atoms with Crippen molar-refractivity contribution in [1.29, 1.82) is 0 Å². The Bertz CT molecular complexity index is 1210. The molecule has 0 spiro atoms. The molecule has 0 bridgehead atoms. The van der Waals surface area contributed by atoms with Crippen molar-refractivity contribution in [2.24, 2.45) is 0 Å². The number of methoxy groups -OCH3 is 1. The van der Waals surface area contributed by atoms with Gasteiger partial charge in [-0.1, -0.05) is 50.2 Å². The van der Waals surface area contributed by atoms with Crippen LogP contribution in [0.5, 0.6) is 5.75 Å². The summed E-state index contributed by atoms with van der Waals surface area (Å²) in [7, 11) is 1.60. The molecule has 5 nitrogen and oxygen atoms in total. The summed E-state index contributed by atoms with van der Waals surface area (Å²) in [6.07, 6.45) is 0.508. The van der Waals surface area contributed by atoms with Gasteiger partial charge < -0.3 is 10.1 Å². The molecule has 1 aliphatic rings. The Morgan fingerprint density at radius 2 is 1.53 bits per heavy atom. The molecule has 1 heterocycles. The van der Waals surface area contributed by atoms with E-state index in [1.807, 2.05) is 48.5 Å². The number of benzene rings is 3. The molecule has 174 valence electrons. The number of anilines is 1. The summed E-state index contributed by atoms with van der Waals surface area (Å²) in [5.41, 5.74) is 3.80. The van der Waals surface area contributed by atoms with Gasteiger partial charge in [0.15, 0.2) is 0 Å². The highest BCUT2D eigenvalue weighted by molar-refractivity contribution is 6.36. The first kappa shape index (κ1) is 23.2. The zero-order chi connectivity index (χ0) is 24.2. The number of carbonyl (C=O) groups is 2. The zero-order valence-corrected chi connectivity index (χ0v) is 19.5. The summed E-state index contributed by atoms with van der Waals surface area (Å²) in [4.78, 5) is 28.0. The van der Waals surface area contributed by atoms with E-state index in [-0.39, 0.29) is 17.8 Å². The Kier molecular flexibility index (Phi) is 6.77. The van der Waals surface area contributed by atoms with Gasteiger partial charge in [-0.2, -0.15) is 0 Å². The summed E-state index contributed by atoms with van der Waals surface area (Å²) in [5, 5.41) is 3.15. The van der Waals surface area contributed by atoms with E-state index in [4.69, 9.17) is 4.74 Å². The van der Waals surface area contributed by atoms with Crippen LogP contribution in [0, 0.1) is 5.82 Å². The van der Waals surface area contributed by atoms with E-state index in [1.165, 1.54) is 34.7 Å². The van der Waals surface area contributed by atoms with Crippen LogP contribution >= 0.6 is 0 Å². The van der Waals surface area contributed by atoms with E-state index in [9.17, 15) is 14.0 Å². The van der Waals surface area contributed by atoms with Crippen molar-refractivity contribution >= 4 is 23.1 Å². The molecule has 1 N–H and O–H groups in total. The lowest BCUT2D eigenvalue weighted by atomic mass is 10.0. The number of ether oxygens (including phenoxy) is 1. The van der Waals surface area contributed by atoms with Gasteiger partial charge in [0.25, 0.3) is 11.8 Å². The van der Waals surface area contributed by atoms with Crippen molar-refractivity contribution in [1.82, 2.24) is 4.90 Å². The Balaban J connectivity index is 1.61. The van der Waals surface area contributed by atoms with E-state index in [1.54, 1.807) is 7.11 Å². The second-order valence-corrected chi connectivity index (χ2v) is 8.52. The lowest BCUT2D eigenvalue weighted by Crippen LogP contribution is -2.34. The van der Waals surface area contributed by atoms with Crippen molar-refractivity contribution in [2.45, 2.75) is 26.2 Å². The van der Waals surface area contributed by atoms with Crippen LogP contribution in [0.4, 0.5) is 10.1 Å². The van der Waals surface area contributed by atoms with Crippen molar-refractivity contribution < 1.29 is 18.7 Å². The highest BCUT2D eigenvalue weighted by Crippen LogP contribution is 2.31. The van der Waals surface area contributed by atoms with E-state index < -0.39 is 17.6 Å².